The Hall–Kier alpha value is -3.34. The van der Waals surface area contributed by atoms with Gasteiger partial charge in [-0.2, -0.15) is 0 Å². The summed E-state index contributed by atoms with van der Waals surface area (Å²) in [7, 11) is 3.83. The van der Waals surface area contributed by atoms with Gasteiger partial charge in [-0.05, 0) is 56.2 Å². The van der Waals surface area contributed by atoms with E-state index in [0.717, 1.165) is 11.3 Å². The number of carbonyl (C=O) groups is 2. The van der Waals surface area contributed by atoms with Crippen LogP contribution in [0.5, 0.6) is 5.75 Å². The molecule has 2 rings (SSSR count). The predicted octanol–water partition coefficient (Wildman–Crippen LogP) is 4.63. The van der Waals surface area contributed by atoms with E-state index in [1.54, 1.807) is 26.0 Å². The number of esters is 1. The quantitative estimate of drug-likeness (QED) is 0.343. The number of nitrogens with zero attached hydrogens (tertiary/aromatic N) is 1. The van der Waals surface area contributed by atoms with E-state index in [-0.39, 0.29) is 5.56 Å². The second kappa shape index (κ2) is 9.04. The molecule has 0 saturated heterocycles. The summed E-state index contributed by atoms with van der Waals surface area (Å²) in [5.74, 6) is -1.14. The maximum atomic E-state index is 13.1. The van der Waals surface area contributed by atoms with Crippen molar-refractivity contribution in [3.63, 3.8) is 0 Å². The van der Waals surface area contributed by atoms with E-state index in [1.165, 1.54) is 12.1 Å². The third kappa shape index (κ3) is 4.68. The van der Waals surface area contributed by atoms with Gasteiger partial charge in [0.05, 0.1) is 11.1 Å². The number of ether oxygens (including phenoxy) is 1. The first kappa shape index (κ1) is 21.0. The topological polar surface area (TPSA) is 66.8 Å². The van der Waals surface area contributed by atoms with E-state index in [0.29, 0.717) is 22.4 Å². The fourth-order valence-corrected chi connectivity index (χ4v) is 2.93. The number of benzene rings is 2. The summed E-state index contributed by atoms with van der Waals surface area (Å²) in [6, 6.07) is 10.6. The van der Waals surface area contributed by atoms with Crippen LogP contribution in [0.25, 0.3) is 5.57 Å². The molecular formula is C23H25NO4. The lowest BCUT2D eigenvalue weighted by molar-refractivity contribution is -0.128. The number of anilines is 1. The van der Waals surface area contributed by atoms with Crippen LogP contribution in [0.1, 0.15) is 34.0 Å². The maximum Gasteiger partial charge on any atom is 0.344 e. The number of hydrogen-bond donors (Lipinski definition) is 1. The SMILES string of the molecule is CC=CC=C(C(=O)Oc1c(C)cc(C(=O)O)cc1C)c1ccccc1N(C)C. The standard InChI is InChI=1S/C23H25NO4/c1-6-7-10-19(18-11-8-9-12-20(18)24(4)5)23(27)28-21-15(2)13-17(22(25)26)14-16(21)3/h6-14H,1-5H3,(H,25,26). The maximum absolute atomic E-state index is 13.1. The molecule has 0 heterocycles. The van der Waals surface area contributed by atoms with Gasteiger partial charge in [0.15, 0.2) is 0 Å². The summed E-state index contributed by atoms with van der Waals surface area (Å²) in [5.41, 5.74) is 3.42. The van der Waals surface area contributed by atoms with E-state index in [9.17, 15) is 14.7 Å². The lowest BCUT2D eigenvalue weighted by Gasteiger charge is -2.19. The molecule has 0 bridgehead atoms. The summed E-state index contributed by atoms with van der Waals surface area (Å²) in [6.07, 6.45) is 5.35. The van der Waals surface area contributed by atoms with Crippen molar-refractivity contribution in [1.29, 1.82) is 0 Å². The fourth-order valence-electron chi connectivity index (χ4n) is 2.93. The van der Waals surface area contributed by atoms with Crippen LogP contribution in [0.3, 0.4) is 0 Å². The molecule has 0 aliphatic carbocycles. The summed E-state index contributed by atoms with van der Waals surface area (Å²) in [5, 5.41) is 9.19. The zero-order chi connectivity index (χ0) is 20.8. The van der Waals surface area contributed by atoms with Gasteiger partial charge in [0, 0.05) is 25.3 Å². The zero-order valence-electron chi connectivity index (χ0n) is 16.8. The van der Waals surface area contributed by atoms with Crippen molar-refractivity contribution in [2.45, 2.75) is 20.8 Å². The van der Waals surface area contributed by atoms with Gasteiger partial charge < -0.3 is 14.7 Å². The van der Waals surface area contributed by atoms with Crippen molar-refractivity contribution in [2.75, 3.05) is 19.0 Å². The van der Waals surface area contributed by atoms with Gasteiger partial charge in [0.25, 0.3) is 0 Å². The second-order valence-corrected chi connectivity index (χ2v) is 6.65. The molecule has 28 heavy (non-hydrogen) atoms. The molecule has 0 amide bonds. The molecule has 0 radical (unpaired) electrons. The molecule has 2 aromatic carbocycles. The molecule has 1 N–H and O–H groups in total. The third-order valence-corrected chi connectivity index (χ3v) is 4.25. The van der Waals surface area contributed by atoms with Crippen molar-refractivity contribution in [1.82, 2.24) is 0 Å². The van der Waals surface area contributed by atoms with E-state index >= 15 is 0 Å². The van der Waals surface area contributed by atoms with E-state index in [4.69, 9.17) is 4.74 Å². The van der Waals surface area contributed by atoms with Crippen molar-refractivity contribution in [3.05, 3.63) is 76.9 Å². The molecule has 5 heteroatoms. The number of carboxylic acid groups (broad SMARTS) is 1. The first-order valence-corrected chi connectivity index (χ1v) is 8.92. The van der Waals surface area contributed by atoms with Crippen LogP contribution in [-0.2, 0) is 4.79 Å². The van der Waals surface area contributed by atoms with Gasteiger partial charge in [-0.3, -0.25) is 0 Å². The lowest BCUT2D eigenvalue weighted by atomic mass is 10.0. The second-order valence-electron chi connectivity index (χ2n) is 6.65. The monoisotopic (exact) mass is 379 g/mol. The Bertz CT molecular complexity index is 932. The van der Waals surface area contributed by atoms with Crippen molar-refractivity contribution in [3.8, 4) is 5.75 Å². The zero-order valence-corrected chi connectivity index (χ0v) is 16.8. The highest BCUT2D eigenvalue weighted by Gasteiger charge is 2.20. The summed E-state index contributed by atoms with van der Waals surface area (Å²) in [6.45, 7) is 5.33. The molecule has 0 fully saturated rings. The van der Waals surface area contributed by atoms with Gasteiger partial charge in [0.1, 0.15) is 5.75 Å². The van der Waals surface area contributed by atoms with E-state index < -0.39 is 11.9 Å². The molecule has 0 aliphatic rings. The van der Waals surface area contributed by atoms with Crippen LogP contribution >= 0.6 is 0 Å². The summed E-state index contributed by atoms with van der Waals surface area (Å²) < 4.78 is 5.71. The molecule has 0 spiro atoms. The van der Waals surface area contributed by atoms with Gasteiger partial charge in [-0.15, -0.1) is 0 Å². The Morgan fingerprint density at radius 3 is 2.21 bits per heavy atom. The molecule has 0 saturated carbocycles. The van der Waals surface area contributed by atoms with Crippen LogP contribution in [0, 0.1) is 13.8 Å². The Labute approximate surface area is 165 Å². The smallest absolute Gasteiger partial charge is 0.344 e. The molecule has 2 aromatic rings. The van der Waals surface area contributed by atoms with Crippen molar-refractivity contribution >= 4 is 23.2 Å². The Kier molecular flexibility index (Phi) is 6.77. The van der Waals surface area contributed by atoms with Gasteiger partial charge >= 0.3 is 11.9 Å². The Balaban J connectivity index is 2.48. The third-order valence-electron chi connectivity index (χ3n) is 4.25. The fraction of sp³-hybridized carbons (Fsp3) is 0.217. The number of aryl methyl sites for hydroxylation is 2. The highest BCUT2D eigenvalue weighted by molar-refractivity contribution is 6.19. The van der Waals surface area contributed by atoms with Crippen molar-refractivity contribution < 1.29 is 19.4 Å². The van der Waals surface area contributed by atoms with Gasteiger partial charge in [-0.25, -0.2) is 9.59 Å². The first-order chi connectivity index (χ1) is 13.3. The molecular weight excluding hydrogens is 354 g/mol. The molecule has 0 unspecified atom stereocenters. The van der Waals surface area contributed by atoms with E-state index in [2.05, 4.69) is 0 Å². The highest BCUT2D eigenvalue weighted by atomic mass is 16.5. The highest BCUT2D eigenvalue weighted by Crippen LogP contribution is 2.30. The van der Waals surface area contributed by atoms with Crippen LogP contribution in [-0.4, -0.2) is 31.1 Å². The van der Waals surface area contributed by atoms with Crippen LogP contribution in [0.15, 0.2) is 54.6 Å². The average Bonchev–Trinajstić information content (AvgIpc) is 2.65. The molecule has 146 valence electrons. The number of carbonyl (C=O) groups excluding carboxylic acids is 1. The predicted molar refractivity (Wildman–Crippen MR) is 112 cm³/mol. The minimum atomic E-state index is -1.02. The summed E-state index contributed by atoms with van der Waals surface area (Å²) in [4.78, 5) is 26.2. The van der Waals surface area contributed by atoms with Crippen LogP contribution < -0.4 is 9.64 Å². The average molecular weight is 379 g/mol. The number of rotatable bonds is 6. The number of para-hydroxylation sites is 1. The molecule has 0 aliphatic heterocycles. The van der Waals surface area contributed by atoms with Gasteiger partial charge in [-0.1, -0.05) is 30.4 Å². The minimum Gasteiger partial charge on any atom is -0.478 e. The Morgan fingerprint density at radius 2 is 1.68 bits per heavy atom. The number of carboxylic acids is 1. The largest absolute Gasteiger partial charge is 0.478 e. The van der Waals surface area contributed by atoms with Crippen molar-refractivity contribution in [2.24, 2.45) is 0 Å². The minimum absolute atomic E-state index is 0.164. The summed E-state index contributed by atoms with van der Waals surface area (Å²) >= 11 is 0. The first-order valence-electron chi connectivity index (χ1n) is 8.92. The molecule has 0 aromatic heterocycles. The molecule has 0 atom stereocenters. The van der Waals surface area contributed by atoms with Crippen LogP contribution in [0.4, 0.5) is 5.69 Å². The normalized spacial score (nSPS) is 11.5. The van der Waals surface area contributed by atoms with E-state index in [1.807, 2.05) is 56.3 Å². The Morgan fingerprint density at radius 1 is 1.07 bits per heavy atom. The number of aromatic carboxylic acids is 1. The van der Waals surface area contributed by atoms with Gasteiger partial charge in [0.2, 0.25) is 0 Å². The lowest BCUT2D eigenvalue weighted by Crippen LogP contribution is -2.16. The number of allylic oxidation sites excluding steroid dienone is 3. The number of hydrogen-bond acceptors (Lipinski definition) is 4. The molecule has 5 nitrogen and oxygen atoms in total. The van der Waals surface area contributed by atoms with Crippen LogP contribution in [0.2, 0.25) is 0 Å².